The summed E-state index contributed by atoms with van der Waals surface area (Å²) in [6.07, 6.45) is 15.7. The lowest BCUT2D eigenvalue weighted by atomic mass is 10.1. The van der Waals surface area contributed by atoms with Crippen molar-refractivity contribution in [1.29, 1.82) is 0 Å². The summed E-state index contributed by atoms with van der Waals surface area (Å²) in [5.41, 5.74) is 3.46. The average Bonchev–Trinajstić information content (AvgIpc) is 2.72. The molecule has 2 rings (SSSR count). The van der Waals surface area contributed by atoms with E-state index in [2.05, 4.69) is 65.2 Å². The summed E-state index contributed by atoms with van der Waals surface area (Å²) in [6, 6.07) is 10.5. The number of nitrogens with one attached hydrogen (secondary N) is 1. The molecule has 0 unspecified atom stereocenters. The highest BCUT2D eigenvalue weighted by molar-refractivity contribution is 7.99. The van der Waals surface area contributed by atoms with Crippen molar-refractivity contribution in [2.24, 2.45) is 7.05 Å². The van der Waals surface area contributed by atoms with Crippen LogP contribution < -0.4 is 14.8 Å². The number of nitrogens with zero attached hydrogens (tertiary/aromatic N) is 3. The van der Waals surface area contributed by atoms with E-state index in [0.717, 1.165) is 23.0 Å². The Balaban J connectivity index is 1.91. The van der Waals surface area contributed by atoms with E-state index in [4.69, 9.17) is 0 Å². The average molecular weight is 394 g/mol. The second-order valence-corrected chi connectivity index (χ2v) is 7.29. The van der Waals surface area contributed by atoms with E-state index in [1.54, 1.807) is 17.8 Å². The van der Waals surface area contributed by atoms with Crippen molar-refractivity contribution < 1.29 is 4.57 Å². The second-order valence-electron chi connectivity index (χ2n) is 6.23. The summed E-state index contributed by atoms with van der Waals surface area (Å²) >= 11 is 1.77. The van der Waals surface area contributed by atoms with Gasteiger partial charge < -0.3 is 10.2 Å². The van der Waals surface area contributed by atoms with Gasteiger partial charge in [-0.2, -0.15) is 0 Å². The zero-order valence-corrected chi connectivity index (χ0v) is 17.7. The van der Waals surface area contributed by atoms with Gasteiger partial charge in [-0.3, -0.25) is 0 Å². The quantitative estimate of drug-likeness (QED) is 0.286. The maximum atomic E-state index is 4.41. The van der Waals surface area contributed by atoms with Crippen LogP contribution in [0, 0.1) is 0 Å². The number of aromatic nitrogens is 2. The minimum absolute atomic E-state index is 0.956. The molecule has 0 spiro atoms. The summed E-state index contributed by atoms with van der Waals surface area (Å²) < 4.78 is 2.05. The molecule has 0 amide bonds. The number of hydrogen-bond acceptors (Lipinski definition) is 4. The molecule has 0 aliphatic heterocycles. The lowest BCUT2D eigenvalue weighted by Gasteiger charge is -2.18. The van der Waals surface area contributed by atoms with Gasteiger partial charge in [0.2, 0.25) is 0 Å². The standard InChI is InChI=1S/C23H29N4S/c1-5-7-20(14-16-24-2)8-9-21-10-12-22(13-11-21)26(3)18-19-28-23-25-15-6-17-27(23)4/h5-17,24H,1,18-19H2,2-4H3/q+1. The van der Waals surface area contributed by atoms with Gasteiger partial charge in [-0.1, -0.05) is 43.0 Å². The number of hydrogen-bond donors (Lipinski definition) is 1. The minimum atomic E-state index is 0.956. The van der Waals surface area contributed by atoms with Crippen molar-refractivity contribution in [3.8, 4) is 0 Å². The van der Waals surface area contributed by atoms with Gasteiger partial charge in [0.25, 0.3) is 0 Å². The molecule has 1 aromatic carbocycles. The van der Waals surface area contributed by atoms with Gasteiger partial charge in [0, 0.05) is 38.1 Å². The molecule has 0 radical (unpaired) electrons. The van der Waals surface area contributed by atoms with Crippen LogP contribution in [0.2, 0.25) is 0 Å². The zero-order valence-electron chi connectivity index (χ0n) is 16.9. The monoisotopic (exact) mass is 393 g/mol. The maximum Gasteiger partial charge on any atom is 0.358 e. The zero-order chi connectivity index (χ0) is 20.2. The van der Waals surface area contributed by atoms with E-state index in [-0.39, 0.29) is 0 Å². The van der Waals surface area contributed by atoms with Crippen LogP contribution in [0.1, 0.15) is 5.56 Å². The molecular formula is C23H29N4S+. The first kappa shape index (κ1) is 21.5. The molecule has 0 aliphatic carbocycles. The van der Waals surface area contributed by atoms with Crippen molar-refractivity contribution >= 4 is 23.5 Å². The van der Waals surface area contributed by atoms with Gasteiger partial charge in [-0.25, -0.2) is 4.57 Å². The summed E-state index contributed by atoms with van der Waals surface area (Å²) in [7, 11) is 6.03. The van der Waals surface area contributed by atoms with E-state index in [9.17, 15) is 0 Å². The van der Waals surface area contributed by atoms with Gasteiger partial charge in [0.15, 0.2) is 0 Å². The van der Waals surface area contributed by atoms with Crippen molar-refractivity contribution in [3.63, 3.8) is 0 Å². The van der Waals surface area contributed by atoms with E-state index in [0.29, 0.717) is 0 Å². The first-order valence-corrected chi connectivity index (χ1v) is 10.2. The molecule has 28 heavy (non-hydrogen) atoms. The third kappa shape index (κ3) is 7.08. The molecule has 5 heteroatoms. The molecular weight excluding hydrogens is 364 g/mol. The Bertz CT molecular complexity index is 838. The third-order valence-electron chi connectivity index (χ3n) is 4.10. The Morgan fingerprint density at radius 3 is 2.75 bits per heavy atom. The number of thioether (sulfide) groups is 1. The molecule has 4 nitrogen and oxygen atoms in total. The van der Waals surface area contributed by atoms with Gasteiger partial charge >= 0.3 is 5.16 Å². The SMILES string of the molecule is C=CC=C(C=CNC)C=Cc1ccc(N(C)CCSc2nccc[n+]2C)cc1. The van der Waals surface area contributed by atoms with Crippen molar-refractivity contribution in [1.82, 2.24) is 10.3 Å². The minimum Gasteiger partial charge on any atom is -0.394 e. The Morgan fingerprint density at radius 1 is 1.29 bits per heavy atom. The second kappa shape index (κ2) is 11.8. The van der Waals surface area contributed by atoms with Crippen LogP contribution in [0.15, 0.2) is 90.5 Å². The largest absolute Gasteiger partial charge is 0.394 e. The van der Waals surface area contributed by atoms with E-state index >= 15 is 0 Å². The highest BCUT2D eigenvalue weighted by atomic mass is 32.2. The highest BCUT2D eigenvalue weighted by Gasteiger charge is 2.09. The summed E-state index contributed by atoms with van der Waals surface area (Å²) in [4.78, 5) is 6.67. The molecule has 0 atom stereocenters. The van der Waals surface area contributed by atoms with E-state index < -0.39 is 0 Å². The van der Waals surface area contributed by atoms with Gasteiger partial charge in [0.1, 0.15) is 6.20 Å². The van der Waals surface area contributed by atoms with Gasteiger partial charge in [0.05, 0.1) is 13.2 Å². The van der Waals surface area contributed by atoms with Crippen LogP contribution in [-0.4, -0.2) is 31.4 Å². The molecule has 0 fully saturated rings. The normalized spacial score (nSPS) is 11.9. The lowest BCUT2D eigenvalue weighted by Crippen LogP contribution is -2.31. The molecule has 0 saturated heterocycles. The summed E-state index contributed by atoms with van der Waals surface area (Å²) in [6.45, 7) is 4.72. The molecule has 0 saturated carbocycles. The molecule has 1 N–H and O–H groups in total. The van der Waals surface area contributed by atoms with E-state index in [1.165, 1.54) is 11.3 Å². The van der Waals surface area contributed by atoms with E-state index in [1.807, 2.05) is 55.5 Å². The topological polar surface area (TPSA) is 32.0 Å². The number of anilines is 1. The number of benzene rings is 1. The third-order valence-corrected chi connectivity index (χ3v) is 5.13. The fourth-order valence-electron chi connectivity index (χ4n) is 2.49. The molecule has 146 valence electrons. The van der Waals surface area contributed by atoms with Crippen molar-refractivity contribution in [2.45, 2.75) is 5.16 Å². The molecule has 0 aliphatic rings. The maximum absolute atomic E-state index is 4.41. The Labute approximate surface area is 173 Å². The number of rotatable bonds is 10. The first-order valence-electron chi connectivity index (χ1n) is 9.23. The molecule has 0 bridgehead atoms. The Kier molecular flexibility index (Phi) is 9.08. The van der Waals surface area contributed by atoms with Crippen LogP contribution in [-0.2, 0) is 7.05 Å². The van der Waals surface area contributed by atoms with Crippen molar-refractivity contribution in [3.05, 3.63) is 90.9 Å². The smallest absolute Gasteiger partial charge is 0.358 e. The number of allylic oxidation sites excluding steroid dienone is 5. The van der Waals surface area contributed by atoms with Crippen LogP contribution in [0.4, 0.5) is 5.69 Å². The van der Waals surface area contributed by atoms with Crippen molar-refractivity contribution in [2.75, 3.05) is 31.3 Å². The van der Waals surface area contributed by atoms with Crippen LogP contribution >= 0.6 is 11.8 Å². The lowest BCUT2D eigenvalue weighted by molar-refractivity contribution is -0.713. The summed E-state index contributed by atoms with van der Waals surface area (Å²) in [5.74, 6) is 0.983. The molecule has 1 aromatic heterocycles. The Hall–Kier alpha value is -2.79. The fourth-order valence-corrected chi connectivity index (χ4v) is 3.43. The highest BCUT2D eigenvalue weighted by Crippen LogP contribution is 2.17. The Morgan fingerprint density at radius 2 is 2.07 bits per heavy atom. The van der Waals surface area contributed by atoms with Crippen LogP contribution in [0.3, 0.4) is 0 Å². The van der Waals surface area contributed by atoms with Gasteiger partial charge in [-0.05, 0) is 52.3 Å². The predicted octanol–water partition coefficient (Wildman–Crippen LogP) is 3.99. The van der Waals surface area contributed by atoms with Crippen LogP contribution in [0.25, 0.3) is 6.08 Å². The predicted molar refractivity (Wildman–Crippen MR) is 121 cm³/mol. The molecule has 1 heterocycles. The fraction of sp³-hybridized carbons (Fsp3) is 0.217. The first-order chi connectivity index (χ1) is 13.6. The van der Waals surface area contributed by atoms with Crippen LogP contribution in [0.5, 0.6) is 0 Å². The summed E-state index contributed by atoms with van der Waals surface area (Å²) in [5, 5.41) is 4.04. The number of aryl methyl sites for hydroxylation is 1. The van der Waals surface area contributed by atoms with Gasteiger partial charge in [-0.15, -0.1) is 0 Å². The molecule has 2 aromatic rings.